The van der Waals surface area contributed by atoms with Crippen LogP contribution in [-0.4, -0.2) is 24.9 Å². The van der Waals surface area contributed by atoms with Gasteiger partial charge in [0.15, 0.2) is 5.78 Å². The highest BCUT2D eigenvalue weighted by Crippen LogP contribution is 2.11. The average Bonchev–Trinajstić information content (AvgIpc) is 2.06. The highest BCUT2D eigenvalue weighted by atomic mass is 16.1. The third-order valence-corrected chi connectivity index (χ3v) is 1.61. The van der Waals surface area contributed by atoms with Gasteiger partial charge in [0.25, 0.3) is 0 Å². The standard InChI is InChI=1S/C7H7N3O/c11-6-1-2-9-7-5(6)3-8-4-10-7/h2-3,10H,1,4H2. The maximum Gasteiger partial charge on any atom is 0.173 e. The minimum absolute atomic E-state index is 0.0888. The van der Waals surface area contributed by atoms with Gasteiger partial charge in [0.05, 0.1) is 5.57 Å². The van der Waals surface area contributed by atoms with Gasteiger partial charge in [-0.3, -0.25) is 9.79 Å². The summed E-state index contributed by atoms with van der Waals surface area (Å²) in [4.78, 5) is 19.1. The summed E-state index contributed by atoms with van der Waals surface area (Å²) in [6.07, 6.45) is 3.60. The first-order valence-electron chi connectivity index (χ1n) is 3.41. The van der Waals surface area contributed by atoms with Gasteiger partial charge in [-0.2, -0.15) is 0 Å². The summed E-state index contributed by atoms with van der Waals surface area (Å²) in [5.41, 5.74) is 0.610. The first kappa shape index (κ1) is 6.27. The maximum atomic E-state index is 11.1. The number of nitrogens with one attached hydrogen (secondary N) is 1. The number of hydrogen-bond acceptors (Lipinski definition) is 4. The molecule has 0 radical (unpaired) electrons. The molecule has 0 aliphatic carbocycles. The van der Waals surface area contributed by atoms with Crippen molar-refractivity contribution in [2.75, 3.05) is 6.67 Å². The van der Waals surface area contributed by atoms with E-state index in [-0.39, 0.29) is 5.78 Å². The quantitative estimate of drug-likeness (QED) is 0.521. The maximum absolute atomic E-state index is 11.1. The lowest BCUT2D eigenvalue weighted by molar-refractivity contribution is -0.114. The summed E-state index contributed by atoms with van der Waals surface area (Å²) < 4.78 is 0. The molecule has 0 atom stereocenters. The second kappa shape index (κ2) is 2.30. The third-order valence-electron chi connectivity index (χ3n) is 1.61. The summed E-state index contributed by atoms with van der Waals surface area (Å²) in [7, 11) is 0. The van der Waals surface area contributed by atoms with E-state index in [4.69, 9.17) is 0 Å². The number of Topliss-reactive ketones (excluding diaryl/α,β-unsaturated/α-hetero) is 1. The third kappa shape index (κ3) is 0.960. The number of allylic oxidation sites excluding steroid dienone is 1. The SMILES string of the molecule is O=C1CC=NC2=C1C=NCN2. The Balaban J connectivity index is 2.43. The van der Waals surface area contributed by atoms with Gasteiger partial charge in [-0.1, -0.05) is 0 Å². The van der Waals surface area contributed by atoms with E-state index >= 15 is 0 Å². The summed E-state index contributed by atoms with van der Waals surface area (Å²) in [5, 5.41) is 2.91. The molecule has 4 heteroatoms. The summed E-state index contributed by atoms with van der Waals surface area (Å²) in [5.74, 6) is 0.752. The highest BCUT2D eigenvalue weighted by molar-refractivity contribution is 6.19. The van der Waals surface area contributed by atoms with Crippen LogP contribution in [0.25, 0.3) is 0 Å². The minimum atomic E-state index is 0.0888. The zero-order valence-corrected chi connectivity index (χ0v) is 5.87. The molecule has 0 saturated heterocycles. The van der Waals surface area contributed by atoms with Crippen LogP contribution < -0.4 is 5.32 Å². The molecule has 2 heterocycles. The fourth-order valence-corrected chi connectivity index (χ4v) is 1.06. The lowest BCUT2D eigenvalue weighted by atomic mass is 10.1. The Morgan fingerprint density at radius 2 is 2.45 bits per heavy atom. The van der Waals surface area contributed by atoms with Crippen LogP contribution in [-0.2, 0) is 4.79 Å². The van der Waals surface area contributed by atoms with Crippen LogP contribution in [0.4, 0.5) is 0 Å². The van der Waals surface area contributed by atoms with Crippen molar-refractivity contribution >= 4 is 18.2 Å². The van der Waals surface area contributed by atoms with Crippen LogP contribution in [0.3, 0.4) is 0 Å². The van der Waals surface area contributed by atoms with Gasteiger partial charge in [-0.05, 0) is 0 Å². The number of carbonyl (C=O) groups excluding carboxylic acids is 1. The number of carbonyl (C=O) groups is 1. The van der Waals surface area contributed by atoms with Gasteiger partial charge >= 0.3 is 0 Å². The van der Waals surface area contributed by atoms with Crippen LogP contribution >= 0.6 is 0 Å². The van der Waals surface area contributed by atoms with Gasteiger partial charge in [0.1, 0.15) is 12.5 Å². The van der Waals surface area contributed by atoms with E-state index in [9.17, 15) is 4.79 Å². The summed E-state index contributed by atoms with van der Waals surface area (Å²) >= 11 is 0. The fraction of sp³-hybridized carbons (Fsp3) is 0.286. The Kier molecular flexibility index (Phi) is 1.31. The number of nitrogens with zero attached hydrogens (tertiary/aromatic N) is 2. The van der Waals surface area contributed by atoms with E-state index in [0.29, 0.717) is 24.5 Å². The van der Waals surface area contributed by atoms with E-state index in [0.717, 1.165) is 0 Å². The molecule has 4 nitrogen and oxygen atoms in total. The molecule has 1 N–H and O–H groups in total. The Bertz CT molecular complexity index is 288. The van der Waals surface area contributed by atoms with Gasteiger partial charge < -0.3 is 5.32 Å². The molecule has 0 saturated carbocycles. The van der Waals surface area contributed by atoms with E-state index in [1.165, 1.54) is 0 Å². The van der Waals surface area contributed by atoms with Crippen molar-refractivity contribution in [3.8, 4) is 0 Å². The molecule has 0 aromatic carbocycles. The van der Waals surface area contributed by atoms with Crippen LogP contribution in [0, 0.1) is 0 Å². The van der Waals surface area contributed by atoms with Gasteiger partial charge in [0, 0.05) is 18.9 Å². The minimum Gasteiger partial charge on any atom is -0.350 e. The monoisotopic (exact) mass is 149 g/mol. The predicted molar refractivity (Wildman–Crippen MR) is 41.6 cm³/mol. The van der Waals surface area contributed by atoms with E-state index in [2.05, 4.69) is 15.3 Å². The van der Waals surface area contributed by atoms with Gasteiger partial charge in [0.2, 0.25) is 0 Å². The van der Waals surface area contributed by atoms with Crippen molar-refractivity contribution in [1.82, 2.24) is 5.32 Å². The first-order valence-corrected chi connectivity index (χ1v) is 3.41. The van der Waals surface area contributed by atoms with Crippen molar-refractivity contribution in [3.63, 3.8) is 0 Å². The molecule has 56 valence electrons. The zero-order valence-electron chi connectivity index (χ0n) is 5.87. The average molecular weight is 149 g/mol. The molecule has 0 aromatic heterocycles. The Morgan fingerprint density at radius 1 is 1.55 bits per heavy atom. The molecule has 0 unspecified atom stereocenters. The lowest BCUT2D eigenvalue weighted by Gasteiger charge is -2.14. The van der Waals surface area contributed by atoms with Crippen molar-refractivity contribution in [3.05, 3.63) is 11.4 Å². The fourth-order valence-electron chi connectivity index (χ4n) is 1.06. The van der Waals surface area contributed by atoms with Crippen molar-refractivity contribution < 1.29 is 4.79 Å². The zero-order chi connectivity index (χ0) is 7.68. The number of hydrogen-bond donors (Lipinski definition) is 1. The molecule has 0 bridgehead atoms. The number of rotatable bonds is 0. The van der Waals surface area contributed by atoms with Crippen LogP contribution in [0.1, 0.15) is 6.42 Å². The molecule has 0 spiro atoms. The molecule has 2 aliphatic heterocycles. The molecule has 2 aliphatic rings. The van der Waals surface area contributed by atoms with E-state index in [1.54, 1.807) is 12.4 Å². The normalized spacial score (nSPS) is 21.6. The number of ketones is 1. The molecule has 0 amide bonds. The largest absolute Gasteiger partial charge is 0.350 e. The van der Waals surface area contributed by atoms with Crippen molar-refractivity contribution in [1.29, 1.82) is 0 Å². The second-order valence-electron chi connectivity index (χ2n) is 2.35. The highest BCUT2D eigenvalue weighted by Gasteiger charge is 2.17. The van der Waals surface area contributed by atoms with Gasteiger partial charge in [-0.25, -0.2) is 4.99 Å². The molecule has 0 fully saturated rings. The molecular formula is C7H7N3O. The van der Waals surface area contributed by atoms with Gasteiger partial charge in [-0.15, -0.1) is 0 Å². The van der Waals surface area contributed by atoms with E-state index in [1.807, 2.05) is 0 Å². The second-order valence-corrected chi connectivity index (χ2v) is 2.35. The van der Waals surface area contributed by atoms with E-state index < -0.39 is 0 Å². The summed E-state index contributed by atoms with van der Waals surface area (Å²) in [6, 6.07) is 0. The smallest absolute Gasteiger partial charge is 0.173 e. The van der Waals surface area contributed by atoms with Crippen LogP contribution in [0.15, 0.2) is 21.4 Å². The molecule has 0 aromatic rings. The van der Waals surface area contributed by atoms with Crippen molar-refractivity contribution in [2.24, 2.45) is 9.98 Å². The van der Waals surface area contributed by atoms with Crippen molar-refractivity contribution in [2.45, 2.75) is 6.42 Å². The van der Waals surface area contributed by atoms with Crippen LogP contribution in [0.2, 0.25) is 0 Å². The lowest BCUT2D eigenvalue weighted by Crippen LogP contribution is -2.25. The Hall–Kier alpha value is -1.45. The molecular weight excluding hydrogens is 142 g/mol. The number of aliphatic imine (C=N–C) groups is 2. The molecule has 2 rings (SSSR count). The topological polar surface area (TPSA) is 53.8 Å². The Labute approximate surface area is 63.7 Å². The predicted octanol–water partition coefficient (Wildman–Crippen LogP) is -0.127. The first-order chi connectivity index (χ1) is 5.38. The summed E-state index contributed by atoms with van der Waals surface area (Å²) in [6.45, 7) is 0.517. The molecule has 11 heavy (non-hydrogen) atoms. The van der Waals surface area contributed by atoms with Crippen LogP contribution in [0.5, 0.6) is 0 Å². The Morgan fingerprint density at radius 3 is 3.27 bits per heavy atom.